The van der Waals surface area contributed by atoms with Crippen molar-refractivity contribution in [3.05, 3.63) is 110 Å². The van der Waals surface area contributed by atoms with Crippen molar-refractivity contribution in [1.82, 2.24) is 0 Å². The van der Waals surface area contributed by atoms with Crippen LogP contribution >= 0.6 is 11.6 Å². The van der Waals surface area contributed by atoms with E-state index in [0.29, 0.717) is 0 Å². The first kappa shape index (κ1) is 17.7. The fourth-order valence-corrected chi connectivity index (χ4v) is 9.57. The summed E-state index contributed by atoms with van der Waals surface area (Å²) in [6.45, 7) is 0. The van der Waals surface area contributed by atoms with Gasteiger partial charge < -0.3 is 0 Å². The first-order valence-corrected chi connectivity index (χ1v) is 13.4. The molecule has 0 radical (unpaired) electrons. The molecule has 2 aliphatic rings. The van der Waals surface area contributed by atoms with Gasteiger partial charge in [-0.2, -0.15) is 0 Å². The van der Waals surface area contributed by atoms with Gasteiger partial charge in [0.2, 0.25) is 14.3 Å². The summed E-state index contributed by atoms with van der Waals surface area (Å²) >= 11 is 6.24. The van der Waals surface area contributed by atoms with Gasteiger partial charge in [-0.25, -0.2) is 0 Å². The van der Waals surface area contributed by atoms with Gasteiger partial charge in [0.1, 0.15) is 0 Å². The Morgan fingerprint density at radius 2 is 0.889 bits per heavy atom. The summed E-state index contributed by atoms with van der Waals surface area (Å²) in [5, 5.41) is 0.937. The first-order chi connectivity index (χ1) is 13.3. The molecule has 3 heteroatoms. The van der Waals surface area contributed by atoms with Crippen LogP contribution in [0.25, 0.3) is 22.3 Å². The van der Waals surface area contributed by atoms with Crippen molar-refractivity contribution in [2.75, 3.05) is 0 Å². The molecule has 0 saturated carbocycles. The molecule has 0 spiro atoms. The second-order valence-electron chi connectivity index (χ2n) is 6.23. The monoisotopic (exact) mass is 592 g/mol. The van der Waals surface area contributed by atoms with E-state index in [1.54, 1.807) is 7.14 Å². The van der Waals surface area contributed by atoms with E-state index in [-0.39, 0.29) is 42.4 Å². The minimum absolute atomic E-state index is 0.0509. The smallest absolute Gasteiger partial charge is 0.0793 e. The highest BCUT2D eigenvalue weighted by Crippen LogP contribution is 2.25. The molecule has 130 valence electrons. The van der Waals surface area contributed by atoms with Crippen LogP contribution in [0.15, 0.2) is 91.0 Å². The zero-order valence-corrected chi connectivity index (χ0v) is 19.4. The molecule has 4 aromatic carbocycles. The highest BCUT2D eigenvalue weighted by molar-refractivity contribution is 6.30. The van der Waals surface area contributed by atoms with E-state index >= 15 is 0 Å². The maximum Gasteiger partial charge on any atom is 0.360 e. The van der Waals surface area contributed by atoms with Gasteiger partial charge in [0.25, 0.3) is 0 Å². The molecule has 0 bridgehead atoms. The third-order valence-corrected chi connectivity index (χ3v) is 11.5. The van der Waals surface area contributed by atoms with Crippen molar-refractivity contribution in [2.45, 2.75) is 0 Å². The number of hydrogen-bond donors (Lipinski definition) is 0. The zero-order chi connectivity index (χ0) is 18.2. The van der Waals surface area contributed by atoms with E-state index in [4.69, 9.17) is 11.6 Å². The number of fused-ring (bicyclic) bond motifs is 6. The predicted octanol–water partition coefficient (Wildman–Crippen LogP) is 0.244. The summed E-state index contributed by atoms with van der Waals surface area (Å²) in [4.78, 5) is 0. The number of halogens is 3. The van der Waals surface area contributed by atoms with Crippen LogP contribution in [0, 0.1) is 14.3 Å². The van der Waals surface area contributed by atoms with E-state index in [1.807, 2.05) is 12.1 Å². The third kappa shape index (κ3) is 3.32. The predicted molar refractivity (Wildman–Crippen MR) is 104 cm³/mol. The van der Waals surface area contributed by atoms with Crippen molar-refractivity contribution in [2.24, 2.45) is 0 Å². The summed E-state index contributed by atoms with van der Waals surface area (Å²) in [5.41, 5.74) is 5.66. The lowest BCUT2D eigenvalue weighted by Crippen LogP contribution is -3.61. The average Bonchev–Trinajstić information content (AvgIpc) is 3.28. The van der Waals surface area contributed by atoms with Crippen molar-refractivity contribution >= 4 is 11.6 Å². The van der Waals surface area contributed by atoms with Crippen molar-refractivity contribution in [3.63, 3.8) is 0 Å². The molecular weight excluding hydrogens is 578 g/mol. The molecule has 0 aromatic heterocycles. The Balaban J connectivity index is 0.000000119. The minimum atomic E-state index is -0.0509. The molecule has 2 aliphatic heterocycles. The van der Waals surface area contributed by atoms with E-state index in [2.05, 4.69) is 78.9 Å². The molecule has 0 saturated heterocycles. The van der Waals surface area contributed by atoms with Crippen LogP contribution < -0.4 is 42.4 Å². The molecule has 0 unspecified atom stereocenters. The van der Waals surface area contributed by atoms with Crippen molar-refractivity contribution in [1.29, 1.82) is 0 Å². The largest absolute Gasteiger partial charge is 0.360 e. The molecule has 6 rings (SSSR count). The Bertz CT molecular complexity index is 1110. The van der Waals surface area contributed by atoms with Crippen molar-refractivity contribution in [3.8, 4) is 22.3 Å². The van der Waals surface area contributed by atoms with E-state index in [9.17, 15) is 0 Å². The molecule has 2 heterocycles. The number of benzene rings is 4. The molecule has 4 aromatic rings. The second-order valence-corrected chi connectivity index (χ2v) is 12.3. The van der Waals surface area contributed by atoms with Gasteiger partial charge in [0.05, 0.1) is 5.02 Å². The normalized spacial score (nSPS) is 12.3. The summed E-state index contributed by atoms with van der Waals surface area (Å²) in [6, 6.07) is 32.4. The van der Waals surface area contributed by atoms with Crippen LogP contribution in [-0.4, -0.2) is 0 Å². The van der Waals surface area contributed by atoms with Crippen LogP contribution in [0.5, 0.6) is 0 Å². The molecule has 0 aliphatic carbocycles. The maximum atomic E-state index is 6.19. The Morgan fingerprint density at radius 1 is 0.444 bits per heavy atom. The van der Waals surface area contributed by atoms with Crippen LogP contribution in [0.1, 0.15) is 0 Å². The Hall–Kier alpha value is -1.37. The van der Waals surface area contributed by atoms with Gasteiger partial charge in [0, 0.05) is 22.3 Å². The van der Waals surface area contributed by atoms with Gasteiger partial charge in [-0.05, 0) is 48.5 Å². The summed E-state index contributed by atoms with van der Waals surface area (Å²) < 4.78 is 6.02. The Kier molecular flexibility index (Phi) is 4.96. The SMILES string of the molecule is Clc1cccc2c1[I+]c1ccccc1-2.c1ccc2c(c1)[I+]c1ccccc1-2. The molecule has 0 atom stereocenters. The Morgan fingerprint density at radius 3 is 1.48 bits per heavy atom. The maximum absolute atomic E-state index is 6.19. The highest BCUT2D eigenvalue weighted by Gasteiger charge is 2.35. The van der Waals surface area contributed by atoms with Gasteiger partial charge in [0.15, 0.2) is 0 Å². The molecule has 0 fully saturated rings. The van der Waals surface area contributed by atoms with Gasteiger partial charge in [-0.1, -0.05) is 54.1 Å². The summed E-state index contributed by atoms with van der Waals surface area (Å²) in [7, 11) is 0. The summed E-state index contributed by atoms with van der Waals surface area (Å²) in [6.07, 6.45) is 0. The summed E-state index contributed by atoms with van der Waals surface area (Å²) in [5.74, 6) is 0. The highest BCUT2D eigenvalue weighted by atomic mass is 127. The molecule has 27 heavy (non-hydrogen) atoms. The first-order valence-electron chi connectivity index (χ1n) is 8.67. The molecule has 0 amide bonds. The quantitative estimate of drug-likeness (QED) is 0.222. The lowest BCUT2D eigenvalue weighted by Gasteiger charge is -1.93. The van der Waals surface area contributed by atoms with Crippen LogP contribution in [0.4, 0.5) is 0 Å². The lowest BCUT2D eigenvalue weighted by atomic mass is 10.1. The van der Waals surface area contributed by atoms with Crippen LogP contribution in [0.3, 0.4) is 0 Å². The lowest BCUT2D eigenvalue weighted by molar-refractivity contribution is -0.590. The molecule has 0 nitrogen and oxygen atoms in total. The topological polar surface area (TPSA) is 0 Å². The number of hydrogen-bond acceptors (Lipinski definition) is 0. The number of rotatable bonds is 0. The van der Waals surface area contributed by atoms with E-state index in [0.717, 1.165) is 5.02 Å². The fourth-order valence-electron chi connectivity index (χ4n) is 3.31. The average molecular weight is 593 g/mol. The van der Waals surface area contributed by atoms with Gasteiger partial charge >= 0.3 is 42.4 Å². The van der Waals surface area contributed by atoms with Crippen LogP contribution in [-0.2, 0) is 0 Å². The zero-order valence-electron chi connectivity index (χ0n) is 14.3. The van der Waals surface area contributed by atoms with E-state index < -0.39 is 0 Å². The fraction of sp³-hybridized carbons (Fsp3) is 0. The van der Waals surface area contributed by atoms with Crippen molar-refractivity contribution < 1.29 is 42.4 Å². The van der Waals surface area contributed by atoms with Gasteiger partial charge in [-0.15, -0.1) is 0 Å². The molecule has 0 N–H and O–H groups in total. The second kappa shape index (κ2) is 7.57. The Labute approximate surface area is 185 Å². The minimum Gasteiger partial charge on any atom is -0.0793 e. The standard InChI is InChI=1S/C12H7ClI.C12H8I/c13-10-6-3-5-9-8-4-1-2-7-11(8)14-12(9)10;1-3-7-11-9(5-1)10-6-2-4-8-12(10)13-11/h1-7H;1-8H/q2*+1. The van der Waals surface area contributed by atoms with Crippen LogP contribution in [0.2, 0.25) is 5.02 Å². The molecular formula is C24H15ClI2+2. The van der Waals surface area contributed by atoms with E-state index in [1.165, 1.54) is 29.4 Å². The van der Waals surface area contributed by atoms with Gasteiger partial charge in [-0.3, -0.25) is 0 Å². The third-order valence-electron chi connectivity index (χ3n) is 4.55.